The Balaban J connectivity index is 2.18. The largest absolute Gasteiger partial charge is 0.330 e. The van der Waals surface area contributed by atoms with Crippen molar-refractivity contribution in [1.82, 2.24) is 9.55 Å². The van der Waals surface area contributed by atoms with E-state index in [1.165, 1.54) is 12.1 Å². The summed E-state index contributed by atoms with van der Waals surface area (Å²) in [6, 6.07) is 6.00. The van der Waals surface area contributed by atoms with Gasteiger partial charge in [0.2, 0.25) is 0 Å². The predicted molar refractivity (Wildman–Crippen MR) is 75.5 cm³/mol. The second-order valence-electron chi connectivity index (χ2n) is 4.57. The lowest BCUT2D eigenvalue weighted by Crippen LogP contribution is -2.16. The zero-order valence-corrected chi connectivity index (χ0v) is 12.2. The molecule has 1 heterocycles. The molecule has 0 atom stereocenters. The average Bonchev–Trinajstić information content (AvgIpc) is 2.68. The second-order valence-corrected chi connectivity index (χ2v) is 6.58. The lowest BCUT2D eigenvalue weighted by atomic mass is 10.3. The van der Waals surface area contributed by atoms with Crippen LogP contribution in [0.5, 0.6) is 0 Å². The molecule has 20 heavy (non-hydrogen) atoms. The smallest absolute Gasteiger partial charge is 0.291 e. The molecule has 106 valence electrons. The molecule has 0 saturated carbocycles. The highest BCUT2D eigenvalue weighted by Gasteiger charge is 2.13. The van der Waals surface area contributed by atoms with Crippen LogP contribution in [0.25, 0.3) is 0 Å². The van der Waals surface area contributed by atoms with E-state index in [0.29, 0.717) is 11.5 Å². The molecule has 7 heteroatoms. The number of sulfone groups is 1. The summed E-state index contributed by atoms with van der Waals surface area (Å²) in [5, 5.41) is 2.67. The highest BCUT2D eigenvalue weighted by Crippen LogP contribution is 2.14. The second kappa shape index (κ2) is 5.09. The van der Waals surface area contributed by atoms with Crippen LogP contribution in [0.4, 0.5) is 5.69 Å². The molecule has 1 N–H and O–H groups in total. The van der Waals surface area contributed by atoms with Gasteiger partial charge in [0.1, 0.15) is 0 Å². The Kier molecular flexibility index (Phi) is 3.63. The third kappa shape index (κ3) is 3.05. The molecule has 1 aromatic carbocycles. The molecular formula is C13H15N3O3S. The van der Waals surface area contributed by atoms with E-state index in [1.54, 1.807) is 36.9 Å². The number of nitrogens with one attached hydrogen (secondary N) is 1. The number of aromatic nitrogens is 2. The van der Waals surface area contributed by atoms with Crippen molar-refractivity contribution in [1.29, 1.82) is 0 Å². The SMILES string of the molecule is Cc1cn(C)c(C(=O)Nc2ccc(S(C)(=O)=O)cc2)n1. The maximum Gasteiger partial charge on any atom is 0.291 e. The molecule has 2 rings (SSSR count). The van der Waals surface area contributed by atoms with E-state index in [9.17, 15) is 13.2 Å². The van der Waals surface area contributed by atoms with Gasteiger partial charge in [0.25, 0.3) is 5.91 Å². The Hall–Kier alpha value is -2.15. The van der Waals surface area contributed by atoms with E-state index in [1.807, 2.05) is 0 Å². The van der Waals surface area contributed by atoms with Gasteiger partial charge in [0, 0.05) is 25.2 Å². The van der Waals surface area contributed by atoms with E-state index in [-0.39, 0.29) is 10.8 Å². The monoisotopic (exact) mass is 293 g/mol. The minimum atomic E-state index is -3.23. The van der Waals surface area contributed by atoms with Crippen molar-refractivity contribution < 1.29 is 13.2 Å². The van der Waals surface area contributed by atoms with Crippen LogP contribution < -0.4 is 5.32 Å². The van der Waals surface area contributed by atoms with Gasteiger partial charge in [0.05, 0.1) is 10.6 Å². The van der Waals surface area contributed by atoms with E-state index < -0.39 is 9.84 Å². The first-order chi connectivity index (χ1) is 9.27. The van der Waals surface area contributed by atoms with Gasteiger partial charge >= 0.3 is 0 Å². The molecule has 0 spiro atoms. The third-order valence-corrected chi connectivity index (χ3v) is 3.87. The van der Waals surface area contributed by atoms with E-state index in [0.717, 1.165) is 11.9 Å². The summed E-state index contributed by atoms with van der Waals surface area (Å²) in [6.45, 7) is 1.80. The molecule has 0 radical (unpaired) electrons. The summed E-state index contributed by atoms with van der Waals surface area (Å²) >= 11 is 0. The predicted octanol–water partition coefficient (Wildman–Crippen LogP) is 1.38. The Bertz CT molecular complexity index is 746. The normalized spacial score (nSPS) is 11.3. The van der Waals surface area contributed by atoms with Crippen LogP contribution in [-0.4, -0.2) is 30.1 Å². The lowest BCUT2D eigenvalue weighted by molar-refractivity contribution is 0.101. The van der Waals surface area contributed by atoms with Crippen molar-refractivity contribution in [2.24, 2.45) is 7.05 Å². The van der Waals surface area contributed by atoms with Gasteiger partial charge in [-0.25, -0.2) is 13.4 Å². The number of imidazole rings is 1. The molecule has 0 bridgehead atoms. The molecule has 0 fully saturated rings. The fraction of sp³-hybridized carbons (Fsp3) is 0.231. The average molecular weight is 293 g/mol. The Labute approximate surface area is 117 Å². The van der Waals surface area contributed by atoms with Gasteiger partial charge in [-0.05, 0) is 31.2 Å². The third-order valence-electron chi connectivity index (χ3n) is 2.74. The van der Waals surface area contributed by atoms with E-state index >= 15 is 0 Å². The maximum absolute atomic E-state index is 12.0. The Morgan fingerprint density at radius 3 is 2.30 bits per heavy atom. The quantitative estimate of drug-likeness (QED) is 0.927. The number of aryl methyl sites for hydroxylation is 2. The van der Waals surface area contributed by atoms with Crippen molar-refractivity contribution in [3.05, 3.63) is 42.0 Å². The molecule has 0 aliphatic rings. The van der Waals surface area contributed by atoms with Crippen LogP contribution in [-0.2, 0) is 16.9 Å². The molecule has 1 amide bonds. The van der Waals surface area contributed by atoms with Crippen molar-refractivity contribution in [3.8, 4) is 0 Å². The number of hydrogen-bond donors (Lipinski definition) is 1. The number of carbonyl (C=O) groups is 1. The highest BCUT2D eigenvalue weighted by molar-refractivity contribution is 7.90. The van der Waals surface area contributed by atoms with Crippen LogP contribution in [0.1, 0.15) is 16.3 Å². The standard InChI is InChI=1S/C13H15N3O3S/c1-9-8-16(2)12(14-9)13(17)15-10-4-6-11(7-5-10)20(3,18)19/h4-8H,1-3H3,(H,15,17). The number of anilines is 1. The number of amides is 1. The molecule has 1 aromatic heterocycles. The van der Waals surface area contributed by atoms with Gasteiger partial charge in [0.15, 0.2) is 15.7 Å². The van der Waals surface area contributed by atoms with Gasteiger partial charge in [-0.3, -0.25) is 4.79 Å². The summed E-state index contributed by atoms with van der Waals surface area (Å²) in [5.74, 6) is -0.0394. The van der Waals surface area contributed by atoms with Crippen molar-refractivity contribution in [3.63, 3.8) is 0 Å². The van der Waals surface area contributed by atoms with Crippen molar-refractivity contribution in [2.45, 2.75) is 11.8 Å². The first-order valence-electron chi connectivity index (χ1n) is 5.89. The number of nitrogens with zero attached hydrogens (tertiary/aromatic N) is 2. The first-order valence-corrected chi connectivity index (χ1v) is 7.78. The summed E-state index contributed by atoms with van der Waals surface area (Å²) in [7, 11) is -1.49. The molecule has 0 unspecified atom stereocenters. The minimum absolute atomic E-state index is 0.211. The highest BCUT2D eigenvalue weighted by atomic mass is 32.2. The van der Waals surface area contributed by atoms with Crippen LogP contribution in [0.15, 0.2) is 35.4 Å². The van der Waals surface area contributed by atoms with Gasteiger partial charge in [-0.2, -0.15) is 0 Å². The molecule has 0 saturated heterocycles. The van der Waals surface area contributed by atoms with Gasteiger partial charge < -0.3 is 9.88 Å². The van der Waals surface area contributed by atoms with Crippen LogP contribution in [0, 0.1) is 6.92 Å². The Morgan fingerprint density at radius 2 is 1.85 bits per heavy atom. The van der Waals surface area contributed by atoms with Crippen LogP contribution in [0.3, 0.4) is 0 Å². The molecule has 2 aromatic rings. The molecule has 6 nitrogen and oxygen atoms in total. The Morgan fingerprint density at radius 1 is 1.25 bits per heavy atom. The summed E-state index contributed by atoms with van der Waals surface area (Å²) < 4.78 is 24.3. The maximum atomic E-state index is 12.0. The zero-order valence-electron chi connectivity index (χ0n) is 11.4. The number of hydrogen-bond acceptors (Lipinski definition) is 4. The van der Waals surface area contributed by atoms with Crippen molar-refractivity contribution in [2.75, 3.05) is 11.6 Å². The van der Waals surface area contributed by atoms with Crippen molar-refractivity contribution >= 4 is 21.4 Å². The summed E-state index contributed by atoms with van der Waals surface area (Å²) in [5.41, 5.74) is 1.27. The number of rotatable bonds is 3. The van der Waals surface area contributed by atoms with Gasteiger partial charge in [-0.15, -0.1) is 0 Å². The summed E-state index contributed by atoms with van der Waals surface area (Å²) in [6.07, 6.45) is 2.89. The molecule has 0 aliphatic heterocycles. The molecular weight excluding hydrogens is 278 g/mol. The fourth-order valence-corrected chi connectivity index (χ4v) is 2.43. The first kappa shape index (κ1) is 14.3. The molecule has 0 aliphatic carbocycles. The number of carbonyl (C=O) groups excluding carboxylic acids is 1. The minimum Gasteiger partial charge on any atom is -0.330 e. The summed E-state index contributed by atoms with van der Waals surface area (Å²) in [4.78, 5) is 16.3. The lowest BCUT2D eigenvalue weighted by Gasteiger charge is -2.05. The van der Waals surface area contributed by atoms with Gasteiger partial charge in [-0.1, -0.05) is 0 Å². The van der Waals surface area contributed by atoms with E-state index in [2.05, 4.69) is 10.3 Å². The topological polar surface area (TPSA) is 81.1 Å². The fourth-order valence-electron chi connectivity index (χ4n) is 1.80. The number of benzene rings is 1. The van der Waals surface area contributed by atoms with Crippen LogP contribution >= 0.6 is 0 Å². The van der Waals surface area contributed by atoms with Crippen LogP contribution in [0.2, 0.25) is 0 Å². The zero-order chi connectivity index (χ0) is 14.9. The van der Waals surface area contributed by atoms with E-state index in [4.69, 9.17) is 0 Å².